The van der Waals surface area contributed by atoms with E-state index in [-0.39, 0.29) is 17.3 Å². The molecule has 24 heavy (non-hydrogen) atoms. The molecule has 1 unspecified atom stereocenters. The second kappa shape index (κ2) is 8.52. The maximum absolute atomic E-state index is 12.4. The lowest BCUT2D eigenvalue weighted by Crippen LogP contribution is -2.27. The first-order chi connectivity index (χ1) is 11.1. The molecule has 1 aliphatic carbocycles. The van der Waals surface area contributed by atoms with Crippen molar-refractivity contribution in [2.75, 3.05) is 0 Å². The van der Waals surface area contributed by atoms with Crippen molar-refractivity contribution in [3.8, 4) is 0 Å². The summed E-state index contributed by atoms with van der Waals surface area (Å²) >= 11 is 0. The minimum Gasteiger partial charge on any atom is -0.390 e. The number of allylic oxidation sites excluding steroid dienone is 4. The predicted molar refractivity (Wildman–Crippen MR) is 94.7 cm³/mol. The van der Waals surface area contributed by atoms with Gasteiger partial charge < -0.3 is 5.11 Å². The molecule has 0 bridgehead atoms. The van der Waals surface area contributed by atoms with Crippen molar-refractivity contribution in [3.63, 3.8) is 0 Å². The van der Waals surface area contributed by atoms with E-state index in [1.165, 1.54) is 0 Å². The minimum absolute atomic E-state index is 0.0866. The third-order valence-corrected chi connectivity index (χ3v) is 4.98. The van der Waals surface area contributed by atoms with E-state index in [9.17, 15) is 19.5 Å². The van der Waals surface area contributed by atoms with Gasteiger partial charge in [-0.25, -0.2) is 0 Å². The standard InChI is InChI=1S/C20H30O4/c1-6-7-8-16(21)9-11-20(5,24)12-10-17-15(4)18(22)13(2)14(3)19(17)23/h24H,6-12H2,1-5H3. The van der Waals surface area contributed by atoms with Crippen molar-refractivity contribution in [2.24, 2.45) is 0 Å². The summed E-state index contributed by atoms with van der Waals surface area (Å²) in [5.74, 6) is -0.0123. The SMILES string of the molecule is CCCCC(=O)CCC(C)(O)CCC1=C(C)C(=O)C(C)=C(C)C1=O. The zero-order valence-electron chi connectivity index (χ0n) is 15.6. The molecule has 0 saturated heterocycles. The normalized spacial score (nSPS) is 18.2. The van der Waals surface area contributed by atoms with Crippen LogP contribution >= 0.6 is 0 Å². The van der Waals surface area contributed by atoms with Crippen molar-refractivity contribution < 1.29 is 19.5 Å². The average molecular weight is 334 g/mol. The van der Waals surface area contributed by atoms with E-state index >= 15 is 0 Å². The monoisotopic (exact) mass is 334 g/mol. The van der Waals surface area contributed by atoms with Gasteiger partial charge in [0.05, 0.1) is 5.60 Å². The Balaban J connectivity index is 2.65. The summed E-state index contributed by atoms with van der Waals surface area (Å²) < 4.78 is 0. The molecule has 0 aromatic rings. The lowest BCUT2D eigenvalue weighted by molar-refractivity contribution is -0.120. The van der Waals surface area contributed by atoms with Crippen LogP contribution < -0.4 is 0 Å². The van der Waals surface area contributed by atoms with Crippen LogP contribution in [0.1, 0.15) is 79.6 Å². The fraction of sp³-hybridized carbons (Fsp3) is 0.650. The van der Waals surface area contributed by atoms with Gasteiger partial charge in [-0.15, -0.1) is 0 Å². The van der Waals surface area contributed by atoms with E-state index in [1.54, 1.807) is 27.7 Å². The lowest BCUT2D eigenvalue weighted by Gasteiger charge is -2.25. The Bertz CT molecular complexity index is 591. The molecule has 0 heterocycles. The van der Waals surface area contributed by atoms with Crippen LogP contribution in [-0.2, 0) is 14.4 Å². The summed E-state index contributed by atoms with van der Waals surface area (Å²) in [7, 11) is 0. The van der Waals surface area contributed by atoms with Crippen LogP contribution in [0.5, 0.6) is 0 Å². The zero-order valence-corrected chi connectivity index (χ0v) is 15.6. The molecule has 0 saturated carbocycles. The first kappa shape index (κ1) is 20.5. The molecule has 4 heteroatoms. The number of carbonyl (C=O) groups is 3. The fourth-order valence-corrected chi connectivity index (χ4v) is 2.88. The van der Waals surface area contributed by atoms with Crippen LogP contribution in [0.25, 0.3) is 0 Å². The molecule has 0 aromatic carbocycles. The summed E-state index contributed by atoms with van der Waals surface area (Å²) in [6.45, 7) is 8.76. The maximum Gasteiger partial charge on any atom is 0.185 e. The Morgan fingerprint density at radius 3 is 2.12 bits per heavy atom. The number of hydrogen-bond acceptors (Lipinski definition) is 4. The van der Waals surface area contributed by atoms with Crippen molar-refractivity contribution in [1.82, 2.24) is 0 Å². The van der Waals surface area contributed by atoms with Crippen LogP contribution in [-0.4, -0.2) is 28.1 Å². The molecule has 0 amide bonds. The highest BCUT2D eigenvalue weighted by atomic mass is 16.3. The molecule has 4 nitrogen and oxygen atoms in total. The Morgan fingerprint density at radius 2 is 1.54 bits per heavy atom. The summed E-state index contributed by atoms with van der Waals surface area (Å²) in [4.78, 5) is 36.3. The summed E-state index contributed by atoms with van der Waals surface area (Å²) in [5.41, 5.74) is 0.978. The molecule has 134 valence electrons. The molecule has 1 rings (SSSR count). The minimum atomic E-state index is -1.01. The van der Waals surface area contributed by atoms with Gasteiger partial charge in [-0.1, -0.05) is 13.3 Å². The molecule has 0 fully saturated rings. The predicted octanol–water partition coefficient (Wildman–Crippen LogP) is 3.86. The van der Waals surface area contributed by atoms with E-state index in [0.29, 0.717) is 54.4 Å². The molecule has 0 spiro atoms. The van der Waals surface area contributed by atoms with E-state index in [1.807, 2.05) is 6.92 Å². The van der Waals surface area contributed by atoms with Crippen LogP contribution in [0.15, 0.2) is 22.3 Å². The van der Waals surface area contributed by atoms with Crippen LogP contribution in [0, 0.1) is 0 Å². The summed E-state index contributed by atoms with van der Waals surface area (Å²) in [5, 5.41) is 10.5. The molecular weight excluding hydrogens is 304 g/mol. The molecule has 0 radical (unpaired) electrons. The van der Waals surface area contributed by atoms with Crippen molar-refractivity contribution in [2.45, 2.75) is 85.2 Å². The van der Waals surface area contributed by atoms with E-state index in [4.69, 9.17) is 0 Å². The van der Waals surface area contributed by atoms with Crippen molar-refractivity contribution in [1.29, 1.82) is 0 Å². The Morgan fingerprint density at radius 1 is 0.958 bits per heavy atom. The first-order valence-corrected chi connectivity index (χ1v) is 8.81. The molecule has 1 aliphatic rings. The number of unbranched alkanes of at least 4 members (excludes halogenated alkanes) is 1. The highest BCUT2D eigenvalue weighted by Crippen LogP contribution is 2.30. The van der Waals surface area contributed by atoms with Crippen LogP contribution in [0.4, 0.5) is 0 Å². The zero-order chi connectivity index (χ0) is 18.5. The second-order valence-electron chi connectivity index (χ2n) is 7.15. The quantitative estimate of drug-likeness (QED) is 0.650. The highest BCUT2D eigenvalue weighted by molar-refractivity contribution is 6.24. The number of ketones is 3. The smallest absolute Gasteiger partial charge is 0.185 e. The van der Waals surface area contributed by atoms with Gasteiger partial charge in [-0.05, 0) is 53.4 Å². The number of rotatable bonds is 9. The fourth-order valence-electron chi connectivity index (χ4n) is 2.88. The van der Waals surface area contributed by atoms with Gasteiger partial charge in [0.25, 0.3) is 0 Å². The Hall–Kier alpha value is -1.55. The maximum atomic E-state index is 12.4. The summed E-state index contributed by atoms with van der Waals surface area (Å²) in [6, 6.07) is 0. The van der Waals surface area contributed by atoms with Gasteiger partial charge in [0.1, 0.15) is 5.78 Å². The second-order valence-corrected chi connectivity index (χ2v) is 7.15. The van der Waals surface area contributed by atoms with E-state index in [2.05, 4.69) is 0 Å². The molecule has 0 aliphatic heterocycles. The average Bonchev–Trinajstić information content (AvgIpc) is 2.54. The van der Waals surface area contributed by atoms with E-state index < -0.39 is 5.60 Å². The number of Topliss-reactive ketones (excluding diaryl/α,β-unsaturated/α-hetero) is 3. The largest absolute Gasteiger partial charge is 0.390 e. The van der Waals surface area contributed by atoms with Crippen LogP contribution in [0.2, 0.25) is 0 Å². The number of aliphatic hydroxyl groups is 1. The summed E-state index contributed by atoms with van der Waals surface area (Å²) in [6.07, 6.45) is 3.90. The van der Waals surface area contributed by atoms with Gasteiger partial charge in [0.2, 0.25) is 0 Å². The Labute approximate surface area is 145 Å². The van der Waals surface area contributed by atoms with Crippen molar-refractivity contribution >= 4 is 17.3 Å². The first-order valence-electron chi connectivity index (χ1n) is 8.81. The van der Waals surface area contributed by atoms with Gasteiger partial charge in [0, 0.05) is 35.1 Å². The van der Waals surface area contributed by atoms with Gasteiger partial charge in [-0.2, -0.15) is 0 Å². The molecule has 1 atom stereocenters. The van der Waals surface area contributed by atoms with E-state index in [0.717, 1.165) is 12.8 Å². The van der Waals surface area contributed by atoms with Gasteiger partial charge in [0.15, 0.2) is 11.6 Å². The van der Waals surface area contributed by atoms with Crippen molar-refractivity contribution in [3.05, 3.63) is 22.3 Å². The third kappa shape index (κ3) is 5.23. The van der Waals surface area contributed by atoms with Crippen LogP contribution in [0.3, 0.4) is 0 Å². The molecule has 0 aromatic heterocycles. The van der Waals surface area contributed by atoms with Gasteiger partial charge in [-0.3, -0.25) is 14.4 Å². The third-order valence-electron chi connectivity index (χ3n) is 4.98. The molecular formula is C20H30O4. The number of carbonyl (C=O) groups excluding carboxylic acids is 3. The Kier molecular flexibility index (Phi) is 7.27. The lowest BCUT2D eigenvalue weighted by atomic mass is 9.81. The van der Waals surface area contributed by atoms with Gasteiger partial charge >= 0.3 is 0 Å². The molecule has 1 N–H and O–H groups in total. The number of hydrogen-bond donors (Lipinski definition) is 1. The topological polar surface area (TPSA) is 71.4 Å². The highest BCUT2D eigenvalue weighted by Gasteiger charge is 2.30.